The molecule has 1 heterocycles. The number of benzene rings is 2. The van der Waals surface area contributed by atoms with E-state index in [1.807, 2.05) is 31.2 Å². The van der Waals surface area contributed by atoms with E-state index in [1.165, 1.54) is 7.11 Å². The molecule has 0 amide bonds. The molecular weight excluding hydrogens is 328 g/mol. The van der Waals surface area contributed by atoms with Gasteiger partial charge in [-0.15, -0.1) is 0 Å². The Hall–Kier alpha value is -3.77. The molecule has 0 unspecified atom stereocenters. The Bertz CT molecular complexity index is 1070. The van der Waals surface area contributed by atoms with Gasteiger partial charge in [0, 0.05) is 0 Å². The fourth-order valence-corrected chi connectivity index (χ4v) is 2.57. The second-order valence-corrected chi connectivity index (χ2v) is 5.63. The quantitative estimate of drug-likeness (QED) is 0.709. The molecule has 6 nitrogen and oxygen atoms in total. The molecule has 26 heavy (non-hydrogen) atoms. The van der Waals surface area contributed by atoms with Crippen molar-refractivity contribution < 1.29 is 9.47 Å². The summed E-state index contributed by atoms with van der Waals surface area (Å²) in [5.41, 5.74) is 3.99. The lowest BCUT2D eigenvalue weighted by atomic mass is 10.1. The zero-order valence-corrected chi connectivity index (χ0v) is 14.4. The molecule has 0 aliphatic rings. The standard InChI is InChI=1S/C20H16N4O2/c1-13-3-5-16-17(9-13)24-20(23-16)15(12-22)10-14-4-6-18(26-8-7-21)19(11-14)25-2/h3-6,9-11H,8H2,1-2H3,(H,23,24)/b15-10+. The molecule has 0 radical (unpaired) electrons. The lowest BCUT2D eigenvalue weighted by molar-refractivity contribution is 0.329. The number of nitrogens with one attached hydrogen (secondary N) is 1. The third-order valence-electron chi connectivity index (χ3n) is 3.80. The lowest BCUT2D eigenvalue weighted by Crippen LogP contribution is -1.97. The molecule has 0 fully saturated rings. The summed E-state index contributed by atoms with van der Waals surface area (Å²) in [6.45, 7) is 1.94. The highest BCUT2D eigenvalue weighted by Gasteiger charge is 2.10. The summed E-state index contributed by atoms with van der Waals surface area (Å²) in [7, 11) is 1.52. The number of methoxy groups -OCH3 is 1. The van der Waals surface area contributed by atoms with Gasteiger partial charge < -0.3 is 14.5 Å². The van der Waals surface area contributed by atoms with Crippen molar-refractivity contribution in [2.45, 2.75) is 6.92 Å². The largest absolute Gasteiger partial charge is 0.493 e. The highest BCUT2D eigenvalue weighted by atomic mass is 16.5. The Morgan fingerprint density at radius 3 is 2.77 bits per heavy atom. The van der Waals surface area contributed by atoms with E-state index < -0.39 is 0 Å². The van der Waals surface area contributed by atoms with Gasteiger partial charge in [-0.1, -0.05) is 12.1 Å². The van der Waals surface area contributed by atoms with Crippen LogP contribution < -0.4 is 9.47 Å². The summed E-state index contributed by atoms with van der Waals surface area (Å²) in [5, 5.41) is 18.2. The Morgan fingerprint density at radius 2 is 2.04 bits per heavy atom. The van der Waals surface area contributed by atoms with Crippen LogP contribution in [0.15, 0.2) is 36.4 Å². The number of hydrogen-bond donors (Lipinski definition) is 1. The molecule has 128 valence electrons. The summed E-state index contributed by atoms with van der Waals surface area (Å²) < 4.78 is 10.6. The van der Waals surface area contributed by atoms with Crippen LogP contribution in [0.4, 0.5) is 0 Å². The van der Waals surface area contributed by atoms with Gasteiger partial charge in [0.15, 0.2) is 18.1 Å². The summed E-state index contributed by atoms with van der Waals surface area (Å²) >= 11 is 0. The van der Waals surface area contributed by atoms with Gasteiger partial charge in [-0.25, -0.2) is 4.98 Å². The number of aromatic amines is 1. The van der Waals surface area contributed by atoms with Crippen molar-refractivity contribution in [3.63, 3.8) is 0 Å². The van der Waals surface area contributed by atoms with E-state index >= 15 is 0 Å². The highest BCUT2D eigenvalue weighted by molar-refractivity contribution is 5.90. The molecule has 3 aromatic rings. The van der Waals surface area contributed by atoms with E-state index in [9.17, 15) is 5.26 Å². The maximum atomic E-state index is 9.55. The number of hydrogen-bond acceptors (Lipinski definition) is 5. The summed E-state index contributed by atoms with van der Waals surface area (Å²) in [6.07, 6.45) is 1.72. The van der Waals surface area contributed by atoms with Crippen molar-refractivity contribution in [2.24, 2.45) is 0 Å². The summed E-state index contributed by atoms with van der Waals surface area (Å²) in [5.74, 6) is 1.48. The molecule has 1 aromatic heterocycles. The molecular formula is C20H16N4O2. The first-order valence-electron chi connectivity index (χ1n) is 7.91. The molecule has 3 rings (SSSR count). The normalized spacial score (nSPS) is 11.0. The van der Waals surface area contributed by atoms with Gasteiger partial charge in [-0.05, 0) is 48.4 Å². The Morgan fingerprint density at radius 1 is 1.19 bits per heavy atom. The van der Waals surface area contributed by atoms with Crippen molar-refractivity contribution in [1.29, 1.82) is 10.5 Å². The van der Waals surface area contributed by atoms with Gasteiger partial charge in [0.1, 0.15) is 18.0 Å². The topological polar surface area (TPSA) is 94.7 Å². The summed E-state index contributed by atoms with van der Waals surface area (Å²) in [6, 6.07) is 15.2. The first-order chi connectivity index (χ1) is 12.6. The number of ether oxygens (including phenoxy) is 2. The van der Waals surface area contributed by atoms with Gasteiger partial charge in [0.2, 0.25) is 0 Å². The molecule has 0 saturated heterocycles. The maximum absolute atomic E-state index is 9.55. The number of nitriles is 2. The molecule has 0 aliphatic heterocycles. The predicted octanol–water partition coefficient (Wildman–Crippen LogP) is 3.85. The van der Waals surface area contributed by atoms with Crippen LogP contribution in [0.2, 0.25) is 0 Å². The van der Waals surface area contributed by atoms with Gasteiger partial charge in [-0.2, -0.15) is 10.5 Å². The zero-order chi connectivity index (χ0) is 18.5. The van der Waals surface area contributed by atoms with Gasteiger partial charge >= 0.3 is 0 Å². The third-order valence-corrected chi connectivity index (χ3v) is 3.80. The number of fused-ring (bicyclic) bond motifs is 1. The van der Waals surface area contributed by atoms with Crippen LogP contribution in [-0.4, -0.2) is 23.7 Å². The van der Waals surface area contributed by atoms with Crippen molar-refractivity contribution in [2.75, 3.05) is 13.7 Å². The number of H-pyrrole nitrogens is 1. The Balaban J connectivity index is 1.98. The monoisotopic (exact) mass is 344 g/mol. The minimum Gasteiger partial charge on any atom is -0.493 e. The second-order valence-electron chi connectivity index (χ2n) is 5.63. The van der Waals surface area contributed by atoms with Crippen LogP contribution in [-0.2, 0) is 0 Å². The minimum absolute atomic E-state index is 0.0621. The lowest BCUT2D eigenvalue weighted by Gasteiger charge is -2.09. The van der Waals surface area contributed by atoms with E-state index in [-0.39, 0.29) is 6.61 Å². The number of nitrogens with zero attached hydrogens (tertiary/aromatic N) is 3. The first kappa shape index (κ1) is 17.1. The van der Waals surface area contributed by atoms with Gasteiger partial charge in [0.25, 0.3) is 0 Å². The highest BCUT2D eigenvalue weighted by Crippen LogP contribution is 2.29. The third kappa shape index (κ3) is 3.50. The molecule has 0 atom stereocenters. The molecule has 1 N–H and O–H groups in total. The van der Waals surface area contributed by atoms with Crippen LogP contribution in [0.5, 0.6) is 11.5 Å². The van der Waals surface area contributed by atoms with Crippen molar-refractivity contribution >= 4 is 22.7 Å². The van der Waals surface area contributed by atoms with Crippen molar-refractivity contribution in [1.82, 2.24) is 9.97 Å². The predicted molar refractivity (Wildman–Crippen MR) is 98.4 cm³/mol. The van der Waals surface area contributed by atoms with Gasteiger partial charge in [-0.3, -0.25) is 0 Å². The smallest absolute Gasteiger partial charge is 0.174 e. The number of rotatable bonds is 5. The fourth-order valence-electron chi connectivity index (χ4n) is 2.57. The zero-order valence-electron chi connectivity index (χ0n) is 14.4. The van der Waals surface area contributed by atoms with E-state index in [0.717, 1.165) is 22.2 Å². The van der Waals surface area contributed by atoms with E-state index in [0.29, 0.717) is 22.9 Å². The van der Waals surface area contributed by atoms with Crippen LogP contribution >= 0.6 is 0 Å². The number of allylic oxidation sites excluding steroid dienone is 1. The molecule has 0 spiro atoms. The second kappa shape index (κ2) is 7.42. The SMILES string of the molecule is COc1cc(/C=C(\C#N)c2nc3ccc(C)cc3[nH]2)ccc1OCC#N. The van der Waals surface area contributed by atoms with Crippen molar-refractivity contribution in [3.8, 4) is 23.6 Å². The average molecular weight is 344 g/mol. The maximum Gasteiger partial charge on any atom is 0.174 e. The molecule has 0 saturated carbocycles. The number of imidazole rings is 1. The summed E-state index contributed by atoms with van der Waals surface area (Å²) in [4.78, 5) is 7.67. The van der Waals surface area contributed by atoms with Crippen LogP contribution in [0.1, 0.15) is 17.0 Å². The average Bonchev–Trinajstić information content (AvgIpc) is 3.07. The molecule has 2 aromatic carbocycles. The number of aryl methyl sites for hydroxylation is 1. The molecule has 0 aliphatic carbocycles. The number of aromatic nitrogens is 2. The van der Waals surface area contributed by atoms with E-state index in [2.05, 4.69) is 16.0 Å². The molecule has 0 bridgehead atoms. The Labute approximate surface area is 150 Å². The van der Waals surface area contributed by atoms with E-state index in [4.69, 9.17) is 14.7 Å². The van der Waals surface area contributed by atoms with Crippen LogP contribution in [0.25, 0.3) is 22.7 Å². The van der Waals surface area contributed by atoms with Crippen LogP contribution in [0, 0.1) is 29.6 Å². The van der Waals surface area contributed by atoms with Crippen LogP contribution in [0.3, 0.4) is 0 Å². The Kier molecular flexibility index (Phi) is 4.87. The molecule has 6 heteroatoms. The first-order valence-corrected chi connectivity index (χ1v) is 7.91. The van der Waals surface area contributed by atoms with Gasteiger partial charge in [0.05, 0.1) is 23.7 Å². The van der Waals surface area contributed by atoms with Crippen molar-refractivity contribution in [3.05, 3.63) is 53.3 Å². The van der Waals surface area contributed by atoms with E-state index in [1.54, 1.807) is 24.3 Å². The fraction of sp³-hybridized carbons (Fsp3) is 0.150. The minimum atomic E-state index is -0.0621.